The Morgan fingerprint density at radius 2 is 1.84 bits per heavy atom. The zero-order valence-electron chi connectivity index (χ0n) is 20.1. The molecule has 0 radical (unpaired) electrons. The molecule has 0 aromatic rings. The van der Waals surface area contributed by atoms with Crippen LogP contribution in [0.15, 0.2) is 0 Å². The van der Waals surface area contributed by atoms with E-state index in [1.54, 1.807) is 0 Å². The highest BCUT2D eigenvalue weighted by Crippen LogP contribution is 2.65. The molecule has 0 bridgehead atoms. The summed E-state index contributed by atoms with van der Waals surface area (Å²) in [4.78, 5) is 15.6. The highest BCUT2D eigenvalue weighted by molar-refractivity contribution is 5.84. The van der Waals surface area contributed by atoms with E-state index in [0.717, 1.165) is 50.0 Å². The van der Waals surface area contributed by atoms with Gasteiger partial charge < -0.3 is 10.2 Å². The average molecular weight is 432 g/mol. The molecule has 0 amide bonds. The van der Waals surface area contributed by atoms with Gasteiger partial charge in [-0.05, 0) is 119 Å². The first-order valence-electron chi connectivity index (χ1n) is 13.3. The van der Waals surface area contributed by atoms with Crippen LogP contribution < -0.4 is 0 Å². The number of piperidine rings is 1. The van der Waals surface area contributed by atoms with E-state index >= 15 is 0 Å². The van der Waals surface area contributed by atoms with E-state index in [1.807, 2.05) is 0 Å². The summed E-state index contributed by atoms with van der Waals surface area (Å²) < 4.78 is 0. The van der Waals surface area contributed by atoms with Crippen molar-refractivity contribution in [2.24, 2.45) is 46.8 Å². The zero-order valence-corrected chi connectivity index (χ0v) is 20.1. The molecule has 4 nitrogen and oxygen atoms in total. The lowest BCUT2D eigenvalue weighted by Crippen LogP contribution is -2.53. The maximum atomic E-state index is 13.4. The van der Waals surface area contributed by atoms with Crippen LogP contribution in [0, 0.1) is 46.8 Å². The molecular formula is C27H45NO3. The Labute approximate surface area is 189 Å². The van der Waals surface area contributed by atoms with Gasteiger partial charge in [-0.1, -0.05) is 13.8 Å². The molecule has 10 atom stereocenters. The molecule has 5 rings (SSSR count). The van der Waals surface area contributed by atoms with Gasteiger partial charge >= 0.3 is 0 Å². The Bertz CT molecular complexity index is 692. The number of fused-ring (bicyclic) bond motifs is 5. The number of Topliss-reactive ketones (excluding diaryl/α,β-unsaturated/α-hetero) is 1. The summed E-state index contributed by atoms with van der Waals surface area (Å²) in [6.45, 7) is 8.96. The van der Waals surface area contributed by atoms with E-state index in [0.29, 0.717) is 36.6 Å². The maximum absolute atomic E-state index is 13.4. The standard InChI is InChI=1S/C27H45NO3/c1-17-13-22-18(14-27(17,3)31)6-7-21-20(22)10-11-26(2)23(21)8-9-24(26)25(30)16-28-12-4-5-19(29)15-28/h17-24,29,31H,4-16H2,1-3H3/t17-,18-,19?,20-,21+,22-,23-,24+,26-,27-/m0/s1. The van der Waals surface area contributed by atoms with Crippen molar-refractivity contribution < 1.29 is 15.0 Å². The number of hydrogen-bond acceptors (Lipinski definition) is 4. The Balaban J connectivity index is 1.28. The number of likely N-dealkylation sites (tertiary alicyclic amines) is 1. The van der Waals surface area contributed by atoms with Gasteiger partial charge in [0.25, 0.3) is 0 Å². The molecule has 0 aromatic heterocycles. The Hall–Kier alpha value is -0.450. The lowest BCUT2D eigenvalue weighted by molar-refractivity contribution is -0.137. The van der Waals surface area contributed by atoms with Crippen molar-refractivity contribution >= 4 is 5.78 Å². The Morgan fingerprint density at radius 3 is 2.61 bits per heavy atom. The molecule has 2 N–H and O–H groups in total. The summed E-state index contributed by atoms with van der Waals surface area (Å²) >= 11 is 0. The van der Waals surface area contributed by atoms with Crippen LogP contribution in [0.3, 0.4) is 0 Å². The second-order valence-corrected chi connectivity index (χ2v) is 12.8. The van der Waals surface area contributed by atoms with Gasteiger partial charge in [-0.2, -0.15) is 0 Å². The number of nitrogens with zero attached hydrogens (tertiary/aromatic N) is 1. The molecular weight excluding hydrogens is 386 g/mol. The third-order valence-corrected chi connectivity index (χ3v) is 11.1. The quantitative estimate of drug-likeness (QED) is 0.700. The normalized spacial score (nSPS) is 52.8. The van der Waals surface area contributed by atoms with Gasteiger partial charge in [0.15, 0.2) is 0 Å². The summed E-state index contributed by atoms with van der Waals surface area (Å²) in [7, 11) is 0. The third-order valence-electron chi connectivity index (χ3n) is 11.1. The minimum atomic E-state index is -0.482. The van der Waals surface area contributed by atoms with Crippen molar-refractivity contribution in [3.05, 3.63) is 0 Å². The van der Waals surface area contributed by atoms with Crippen LogP contribution in [0.1, 0.15) is 85.0 Å². The van der Waals surface area contributed by atoms with Crippen LogP contribution in [0.25, 0.3) is 0 Å². The smallest absolute Gasteiger partial charge is 0.150 e. The Kier molecular flexibility index (Phi) is 5.84. The lowest BCUT2D eigenvalue weighted by Gasteiger charge is -2.58. The highest BCUT2D eigenvalue weighted by Gasteiger charge is 2.59. The molecule has 5 aliphatic rings. The van der Waals surface area contributed by atoms with Gasteiger partial charge in [0.1, 0.15) is 5.78 Å². The number of carbonyl (C=O) groups excluding carboxylic acids is 1. The topological polar surface area (TPSA) is 60.8 Å². The van der Waals surface area contributed by atoms with Crippen LogP contribution in [-0.2, 0) is 4.79 Å². The van der Waals surface area contributed by atoms with Gasteiger partial charge in [0.2, 0.25) is 0 Å². The first-order chi connectivity index (χ1) is 14.7. The molecule has 0 aromatic carbocycles. The van der Waals surface area contributed by atoms with Crippen LogP contribution >= 0.6 is 0 Å². The van der Waals surface area contributed by atoms with Crippen LogP contribution in [0.5, 0.6) is 0 Å². The van der Waals surface area contributed by atoms with E-state index in [2.05, 4.69) is 25.7 Å². The van der Waals surface area contributed by atoms with E-state index in [1.165, 1.54) is 38.5 Å². The molecule has 0 spiro atoms. The van der Waals surface area contributed by atoms with Crippen molar-refractivity contribution in [1.82, 2.24) is 4.90 Å². The fourth-order valence-corrected chi connectivity index (χ4v) is 9.28. The molecule has 176 valence electrons. The number of hydrogen-bond donors (Lipinski definition) is 2. The summed E-state index contributed by atoms with van der Waals surface area (Å²) in [5.74, 6) is 4.91. The number of ketones is 1. The minimum absolute atomic E-state index is 0.186. The molecule has 1 saturated heterocycles. The van der Waals surface area contributed by atoms with Crippen molar-refractivity contribution in [3.8, 4) is 0 Å². The van der Waals surface area contributed by atoms with Crippen LogP contribution in [0.4, 0.5) is 0 Å². The monoisotopic (exact) mass is 431 g/mol. The van der Waals surface area contributed by atoms with Gasteiger partial charge in [0, 0.05) is 12.5 Å². The second kappa shape index (κ2) is 8.09. The highest BCUT2D eigenvalue weighted by atomic mass is 16.3. The predicted octanol–water partition coefficient (Wildman–Crippen LogP) is 4.28. The summed E-state index contributed by atoms with van der Waals surface area (Å²) in [5, 5.41) is 20.9. The zero-order chi connectivity index (χ0) is 22.0. The van der Waals surface area contributed by atoms with Gasteiger partial charge in [-0.3, -0.25) is 9.69 Å². The molecule has 4 saturated carbocycles. The SMILES string of the molecule is C[C@H]1C[C@H]2[C@@H](CC[C@@H]3[C@@H]2CC[C@]2(C)[C@@H](C(=O)CN4CCCC(O)C4)CC[C@@H]32)C[C@]1(C)O. The number of carbonyl (C=O) groups is 1. The molecule has 1 unspecified atom stereocenters. The van der Waals surface area contributed by atoms with Gasteiger partial charge in [0.05, 0.1) is 18.2 Å². The average Bonchev–Trinajstić information content (AvgIpc) is 3.06. The Morgan fingerprint density at radius 1 is 1.03 bits per heavy atom. The van der Waals surface area contributed by atoms with Crippen LogP contribution in [-0.4, -0.2) is 52.2 Å². The predicted molar refractivity (Wildman–Crippen MR) is 122 cm³/mol. The molecule has 4 aliphatic carbocycles. The van der Waals surface area contributed by atoms with Crippen molar-refractivity contribution in [2.45, 2.75) is 96.7 Å². The van der Waals surface area contributed by atoms with Gasteiger partial charge in [-0.25, -0.2) is 0 Å². The number of rotatable bonds is 3. The van der Waals surface area contributed by atoms with Crippen molar-refractivity contribution in [2.75, 3.05) is 19.6 Å². The maximum Gasteiger partial charge on any atom is 0.150 e. The van der Waals surface area contributed by atoms with Crippen molar-refractivity contribution in [1.29, 1.82) is 0 Å². The number of aliphatic hydroxyl groups is 2. The molecule has 1 aliphatic heterocycles. The van der Waals surface area contributed by atoms with E-state index in [9.17, 15) is 15.0 Å². The molecule has 4 heteroatoms. The lowest BCUT2D eigenvalue weighted by atomic mass is 9.48. The fraction of sp³-hybridized carbons (Fsp3) is 0.963. The molecule has 1 heterocycles. The first kappa shape index (κ1) is 22.3. The van der Waals surface area contributed by atoms with Crippen LogP contribution in [0.2, 0.25) is 0 Å². The summed E-state index contributed by atoms with van der Waals surface area (Å²) in [5.41, 5.74) is -0.296. The molecule has 31 heavy (non-hydrogen) atoms. The summed E-state index contributed by atoms with van der Waals surface area (Å²) in [6.07, 6.45) is 11.3. The fourth-order valence-electron chi connectivity index (χ4n) is 9.28. The van der Waals surface area contributed by atoms with Crippen molar-refractivity contribution in [3.63, 3.8) is 0 Å². The minimum Gasteiger partial charge on any atom is -0.392 e. The van der Waals surface area contributed by atoms with E-state index in [-0.39, 0.29) is 17.4 Å². The largest absolute Gasteiger partial charge is 0.392 e. The first-order valence-corrected chi connectivity index (χ1v) is 13.3. The summed E-state index contributed by atoms with van der Waals surface area (Å²) in [6, 6.07) is 0. The molecule has 5 fully saturated rings. The number of aliphatic hydroxyl groups excluding tert-OH is 1. The van der Waals surface area contributed by atoms with Gasteiger partial charge in [-0.15, -0.1) is 0 Å². The third kappa shape index (κ3) is 3.83. The number of β-amino-alcohol motifs (C(OH)–C–C–N with tert-alkyl or cyclic N) is 1. The second-order valence-electron chi connectivity index (χ2n) is 12.8. The van der Waals surface area contributed by atoms with E-state index < -0.39 is 5.60 Å². The van der Waals surface area contributed by atoms with E-state index in [4.69, 9.17) is 0 Å².